The van der Waals surface area contributed by atoms with Crippen LogP contribution in [0, 0.1) is 10.1 Å². The van der Waals surface area contributed by atoms with Crippen LogP contribution < -0.4 is 5.32 Å². The van der Waals surface area contributed by atoms with Crippen molar-refractivity contribution in [3.8, 4) is 0 Å². The van der Waals surface area contributed by atoms with Crippen LogP contribution >= 0.6 is 11.6 Å². The van der Waals surface area contributed by atoms with Gasteiger partial charge in [-0.25, -0.2) is 9.78 Å². The van der Waals surface area contributed by atoms with E-state index < -0.39 is 28.9 Å². The lowest BCUT2D eigenvalue weighted by molar-refractivity contribution is -0.385. The Kier molecular flexibility index (Phi) is 6.84. The number of aromatic nitrogens is 1. The number of pyridine rings is 1. The van der Waals surface area contributed by atoms with Crippen molar-refractivity contribution in [2.24, 2.45) is 0 Å². The molecule has 0 radical (unpaired) electrons. The molecule has 1 aromatic carbocycles. The quantitative estimate of drug-likeness (QED) is 0.379. The molecule has 0 saturated carbocycles. The van der Waals surface area contributed by atoms with Crippen molar-refractivity contribution in [2.45, 2.75) is 18.8 Å². The molecule has 0 saturated heterocycles. The van der Waals surface area contributed by atoms with Gasteiger partial charge in [-0.3, -0.25) is 10.1 Å². The predicted octanol–water partition coefficient (Wildman–Crippen LogP) is 1.96. The first kappa shape index (κ1) is 19.6. The second kappa shape index (κ2) is 9.09. The Balaban J connectivity index is 1.86. The maximum Gasteiger partial charge on any atom is 0.407 e. The summed E-state index contributed by atoms with van der Waals surface area (Å²) >= 11 is 5.59. The highest BCUT2D eigenvalue weighted by atomic mass is 35.5. The Bertz CT molecular complexity index is 774. The third kappa shape index (κ3) is 5.38. The van der Waals surface area contributed by atoms with Crippen molar-refractivity contribution in [3.63, 3.8) is 0 Å². The number of carbonyl (C=O) groups is 1. The molecule has 138 valence electrons. The molecule has 2 rings (SSSR count). The normalized spacial score (nSPS) is 12.9. The van der Waals surface area contributed by atoms with Crippen molar-refractivity contribution in [3.05, 3.63) is 69.0 Å². The SMILES string of the molecule is O=C(NCC(O)C(O)c1cnc(Cl)c([N+](=O)[O-])c1)OCc1ccccc1. The average Bonchev–Trinajstić information content (AvgIpc) is 2.64. The topological polar surface area (TPSA) is 135 Å². The maximum atomic E-state index is 11.6. The highest BCUT2D eigenvalue weighted by Gasteiger charge is 2.23. The number of aliphatic hydroxyl groups is 2. The molecule has 3 N–H and O–H groups in total. The Morgan fingerprint density at radius 2 is 2.04 bits per heavy atom. The molecule has 0 fully saturated rings. The first-order valence-corrected chi connectivity index (χ1v) is 7.86. The van der Waals surface area contributed by atoms with Gasteiger partial charge in [0, 0.05) is 24.4 Å². The summed E-state index contributed by atoms with van der Waals surface area (Å²) in [5, 5.41) is 32.8. The van der Waals surface area contributed by atoms with Gasteiger partial charge in [0.25, 0.3) is 0 Å². The lowest BCUT2D eigenvalue weighted by Crippen LogP contribution is -2.35. The molecule has 0 aliphatic carbocycles. The molecule has 2 unspecified atom stereocenters. The van der Waals surface area contributed by atoms with Gasteiger partial charge in [-0.2, -0.15) is 0 Å². The van der Waals surface area contributed by atoms with E-state index in [0.717, 1.165) is 17.8 Å². The van der Waals surface area contributed by atoms with E-state index in [-0.39, 0.29) is 23.9 Å². The third-order valence-corrected chi connectivity index (χ3v) is 3.70. The fraction of sp³-hybridized carbons (Fsp3) is 0.250. The van der Waals surface area contributed by atoms with Crippen molar-refractivity contribution >= 4 is 23.4 Å². The Morgan fingerprint density at radius 3 is 2.69 bits per heavy atom. The zero-order chi connectivity index (χ0) is 19.1. The highest BCUT2D eigenvalue weighted by Crippen LogP contribution is 2.26. The standard InChI is InChI=1S/C16H16ClN3O6/c17-15-12(20(24)25)6-11(7-18-15)14(22)13(21)8-19-16(23)26-9-10-4-2-1-3-5-10/h1-7,13-14,21-22H,8-9H2,(H,19,23). The van der Waals surface area contributed by atoms with E-state index in [1.165, 1.54) is 0 Å². The molecule has 2 aromatic rings. The number of nitrogens with zero attached hydrogens (tertiary/aromatic N) is 2. The van der Waals surface area contributed by atoms with Gasteiger partial charge in [0.15, 0.2) is 0 Å². The Hall–Kier alpha value is -2.75. The van der Waals surface area contributed by atoms with Crippen LogP contribution in [0.1, 0.15) is 17.2 Å². The molecule has 0 spiro atoms. The number of amides is 1. The van der Waals surface area contributed by atoms with Crippen LogP contribution in [0.4, 0.5) is 10.5 Å². The molecular weight excluding hydrogens is 366 g/mol. The summed E-state index contributed by atoms with van der Waals surface area (Å²) in [6.45, 7) is -0.274. The van der Waals surface area contributed by atoms with E-state index in [0.29, 0.717) is 0 Å². The summed E-state index contributed by atoms with van der Waals surface area (Å²) in [7, 11) is 0. The van der Waals surface area contributed by atoms with E-state index in [4.69, 9.17) is 16.3 Å². The number of halogens is 1. The zero-order valence-corrected chi connectivity index (χ0v) is 14.2. The summed E-state index contributed by atoms with van der Waals surface area (Å²) in [6.07, 6.45) is -2.60. The molecule has 0 bridgehead atoms. The Morgan fingerprint density at radius 1 is 1.35 bits per heavy atom. The molecule has 0 aliphatic rings. The van der Waals surface area contributed by atoms with Crippen molar-refractivity contribution in [2.75, 3.05) is 6.54 Å². The van der Waals surface area contributed by atoms with Crippen molar-refractivity contribution < 1.29 is 24.7 Å². The lowest BCUT2D eigenvalue weighted by Gasteiger charge is -2.18. The first-order valence-electron chi connectivity index (χ1n) is 7.49. The van der Waals surface area contributed by atoms with E-state index in [1.807, 2.05) is 6.07 Å². The number of nitro groups is 1. The van der Waals surface area contributed by atoms with E-state index in [9.17, 15) is 25.1 Å². The van der Waals surface area contributed by atoms with Gasteiger partial charge in [0.2, 0.25) is 5.15 Å². The minimum absolute atomic E-state index is 0.00643. The predicted molar refractivity (Wildman–Crippen MR) is 91.5 cm³/mol. The van der Waals surface area contributed by atoms with Gasteiger partial charge >= 0.3 is 11.8 Å². The van der Waals surface area contributed by atoms with E-state index in [1.54, 1.807) is 24.3 Å². The van der Waals surface area contributed by atoms with Gasteiger partial charge < -0.3 is 20.3 Å². The molecule has 1 aromatic heterocycles. The number of benzene rings is 1. The minimum Gasteiger partial charge on any atom is -0.445 e. The number of carbonyl (C=O) groups excluding carboxylic acids is 1. The molecule has 0 aliphatic heterocycles. The van der Waals surface area contributed by atoms with Gasteiger partial charge in [0.05, 0.1) is 4.92 Å². The smallest absolute Gasteiger partial charge is 0.407 e. The van der Waals surface area contributed by atoms with Crippen LogP contribution in [0.25, 0.3) is 0 Å². The summed E-state index contributed by atoms with van der Waals surface area (Å²) in [6, 6.07) is 10.0. The van der Waals surface area contributed by atoms with Crippen LogP contribution in [0.3, 0.4) is 0 Å². The second-order valence-electron chi connectivity index (χ2n) is 5.29. The van der Waals surface area contributed by atoms with Crippen LogP contribution in [-0.2, 0) is 11.3 Å². The van der Waals surface area contributed by atoms with Gasteiger partial charge in [-0.1, -0.05) is 41.9 Å². The van der Waals surface area contributed by atoms with Crippen LogP contribution in [-0.4, -0.2) is 38.9 Å². The largest absolute Gasteiger partial charge is 0.445 e. The van der Waals surface area contributed by atoms with E-state index >= 15 is 0 Å². The van der Waals surface area contributed by atoms with Gasteiger partial charge in [0.1, 0.15) is 18.8 Å². The van der Waals surface area contributed by atoms with Crippen LogP contribution in [0.15, 0.2) is 42.6 Å². The Labute approximate surface area is 153 Å². The number of aliphatic hydroxyl groups excluding tert-OH is 2. The maximum absolute atomic E-state index is 11.6. The second-order valence-corrected chi connectivity index (χ2v) is 5.65. The lowest BCUT2D eigenvalue weighted by atomic mass is 10.1. The molecule has 1 amide bonds. The monoisotopic (exact) mass is 381 g/mol. The summed E-state index contributed by atoms with van der Waals surface area (Å²) < 4.78 is 4.97. The molecule has 1 heterocycles. The van der Waals surface area contributed by atoms with Crippen molar-refractivity contribution in [1.29, 1.82) is 0 Å². The zero-order valence-electron chi connectivity index (χ0n) is 13.4. The fourth-order valence-corrected chi connectivity index (χ4v) is 2.21. The number of hydrogen-bond acceptors (Lipinski definition) is 7. The number of alkyl carbamates (subject to hydrolysis) is 1. The van der Waals surface area contributed by atoms with Crippen LogP contribution in [0.2, 0.25) is 5.15 Å². The van der Waals surface area contributed by atoms with Gasteiger partial charge in [-0.15, -0.1) is 0 Å². The number of rotatable bonds is 7. The van der Waals surface area contributed by atoms with Crippen LogP contribution in [0.5, 0.6) is 0 Å². The number of ether oxygens (including phenoxy) is 1. The molecule has 9 nitrogen and oxygen atoms in total. The summed E-state index contributed by atoms with van der Waals surface area (Å²) in [5.41, 5.74) is 0.293. The fourth-order valence-electron chi connectivity index (χ4n) is 2.04. The highest BCUT2D eigenvalue weighted by molar-refractivity contribution is 6.31. The summed E-state index contributed by atoms with van der Waals surface area (Å²) in [5.74, 6) is 0. The molecule has 10 heteroatoms. The molecule has 2 atom stereocenters. The molecule has 26 heavy (non-hydrogen) atoms. The van der Waals surface area contributed by atoms with Crippen molar-refractivity contribution in [1.82, 2.24) is 10.3 Å². The first-order chi connectivity index (χ1) is 12.4. The summed E-state index contributed by atoms with van der Waals surface area (Å²) in [4.78, 5) is 25.3. The third-order valence-electron chi connectivity index (χ3n) is 3.41. The van der Waals surface area contributed by atoms with Gasteiger partial charge in [-0.05, 0) is 5.56 Å². The minimum atomic E-state index is -1.51. The average molecular weight is 382 g/mol. The van der Waals surface area contributed by atoms with E-state index in [2.05, 4.69) is 10.3 Å². The molecular formula is C16H16ClN3O6. The number of hydrogen-bond donors (Lipinski definition) is 3. The number of nitrogens with one attached hydrogen (secondary N) is 1.